The molecule has 18 heavy (non-hydrogen) atoms. The molecule has 0 saturated heterocycles. The molecular formula is C14H17N3O. The van der Waals surface area contributed by atoms with E-state index in [4.69, 9.17) is 5.73 Å². The van der Waals surface area contributed by atoms with Gasteiger partial charge in [0.25, 0.3) is 5.91 Å². The van der Waals surface area contributed by atoms with Crippen molar-refractivity contribution >= 4 is 5.91 Å². The number of benzene rings is 1. The highest BCUT2D eigenvalue weighted by molar-refractivity contribution is 5.91. The molecule has 94 valence electrons. The Labute approximate surface area is 106 Å². The number of primary amides is 1. The Kier molecular flexibility index (Phi) is 2.95. The third kappa shape index (κ3) is 2.42. The van der Waals surface area contributed by atoms with Gasteiger partial charge in [-0.15, -0.1) is 0 Å². The summed E-state index contributed by atoms with van der Waals surface area (Å²) in [6.45, 7) is 6.51. The quantitative estimate of drug-likeness (QED) is 0.850. The maximum atomic E-state index is 11.0. The van der Waals surface area contributed by atoms with Crippen molar-refractivity contribution in [2.24, 2.45) is 5.73 Å². The lowest BCUT2D eigenvalue weighted by atomic mass is 9.86. The molecule has 0 fully saturated rings. The zero-order valence-electron chi connectivity index (χ0n) is 10.8. The van der Waals surface area contributed by atoms with Crippen LogP contribution in [-0.4, -0.2) is 16.1 Å². The van der Waals surface area contributed by atoms with Crippen molar-refractivity contribution in [1.29, 1.82) is 0 Å². The number of nitrogens with two attached hydrogens (primary N) is 1. The first-order valence-corrected chi connectivity index (χ1v) is 5.84. The molecule has 2 rings (SSSR count). The highest BCUT2D eigenvalue weighted by Gasteiger charge is 2.14. The van der Waals surface area contributed by atoms with Crippen LogP contribution >= 0.6 is 0 Å². The van der Waals surface area contributed by atoms with Crippen LogP contribution < -0.4 is 5.73 Å². The minimum Gasteiger partial charge on any atom is -0.364 e. The van der Waals surface area contributed by atoms with Gasteiger partial charge in [-0.2, -0.15) is 5.10 Å². The van der Waals surface area contributed by atoms with E-state index >= 15 is 0 Å². The summed E-state index contributed by atoms with van der Waals surface area (Å²) in [4.78, 5) is 11.0. The normalized spacial score (nSPS) is 11.5. The number of rotatable bonds is 2. The number of H-pyrrole nitrogens is 1. The highest BCUT2D eigenvalue weighted by atomic mass is 16.1. The minimum atomic E-state index is -0.500. The summed E-state index contributed by atoms with van der Waals surface area (Å²) in [5, 5.41) is 6.70. The van der Waals surface area contributed by atoms with Crippen LogP contribution in [0.15, 0.2) is 30.3 Å². The second-order valence-electron chi connectivity index (χ2n) is 5.36. The maximum absolute atomic E-state index is 11.0. The van der Waals surface area contributed by atoms with Gasteiger partial charge in [0.1, 0.15) is 5.69 Å². The smallest absolute Gasteiger partial charge is 0.266 e. The zero-order chi connectivity index (χ0) is 13.3. The van der Waals surface area contributed by atoms with Crippen LogP contribution in [-0.2, 0) is 5.41 Å². The van der Waals surface area contributed by atoms with Crippen molar-refractivity contribution in [3.05, 3.63) is 41.6 Å². The molecule has 1 aromatic heterocycles. The Morgan fingerprint density at radius 2 is 1.83 bits per heavy atom. The van der Waals surface area contributed by atoms with E-state index in [1.54, 1.807) is 6.07 Å². The predicted molar refractivity (Wildman–Crippen MR) is 71.2 cm³/mol. The molecule has 1 amide bonds. The average molecular weight is 243 g/mol. The molecule has 0 spiro atoms. The molecule has 0 aliphatic heterocycles. The highest BCUT2D eigenvalue weighted by Crippen LogP contribution is 2.25. The SMILES string of the molecule is CC(C)(C)c1ccc(-c2cc(C(N)=O)[nH]n2)cc1. The van der Waals surface area contributed by atoms with E-state index in [9.17, 15) is 4.79 Å². The van der Waals surface area contributed by atoms with E-state index in [-0.39, 0.29) is 5.41 Å². The third-order valence-electron chi connectivity index (χ3n) is 2.89. The summed E-state index contributed by atoms with van der Waals surface area (Å²) in [6.07, 6.45) is 0. The molecule has 3 N–H and O–H groups in total. The molecule has 0 saturated carbocycles. The molecule has 0 bridgehead atoms. The van der Waals surface area contributed by atoms with Crippen LogP contribution in [0.5, 0.6) is 0 Å². The lowest BCUT2D eigenvalue weighted by Crippen LogP contribution is -2.11. The standard InChI is InChI=1S/C14H17N3O/c1-14(2,3)10-6-4-9(5-7-10)11-8-12(13(15)18)17-16-11/h4-8H,1-3H3,(H2,15,18)(H,16,17). The monoisotopic (exact) mass is 243 g/mol. The zero-order valence-corrected chi connectivity index (χ0v) is 10.8. The number of nitrogens with zero attached hydrogens (tertiary/aromatic N) is 1. The van der Waals surface area contributed by atoms with Gasteiger partial charge < -0.3 is 5.73 Å². The van der Waals surface area contributed by atoms with Crippen molar-refractivity contribution in [1.82, 2.24) is 10.2 Å². The fraction of sp³-hybridized carbons (Fsp3) is 0.286. The molecule has 1 aromatic carbocycles. The van der Waals surface area contributed by atoms with E-state index in [0.29, 0.717) is 5.69 Å². The average Bonchev–Trinajstić information content (AvgIpc) is 2.77. The van der Waals surface area contributed by atoms with Crippen LogP contribution in [0.4, 0.5) is 0 Å². The maximum Gasteiger partial charge on any atom is 0.266 e. The molecule has 1 heterocycles. The van der Waals surface area contributed by atoms with E-state index in [1.165, 1.54) is 5.56 Å². The molecule has 4 nitrogen and oxygen atoms in total. The van der Waals surface area contributed by atoms with E-state index in [0.717, 1.165) is 11.3 Å². The van der Waals surface area contributed by atoms with Crippen LogP contribution in [0, 0.1) is 0 Å². The fourth-order valence-corrected chi connectivity index (χ4v) is 1.74. The van der Waals surface area contributed by atoms with Gasteiger partial charge in [0.2, 0.25) is 0 Å². The van der Waals surface area contributed by atoms with Gasteiger partial charge in [0.15, 0.2) is 0 Å². The molecular weight excluding hydrogens is 226 g/mol. The lowest BCUT2D eigenvalue weighted by molar-refractivity contribution is 0.0995. The van der Waals surface area contributed by atoms with Gasteiger partial charge in [0, 0.05) is 5.56 Å². The number of amides is 1. The van der Waals surface area contributed by atoms with Crippen molar-refractivity contribution in [2.75, 3.05) is 0 Å². The molecule has 0 aliphatic carbocycles. The molecule has 2 aromatic rings. The Morgan fingerprint density at radius 3 is 2.28 bits per heavy atom. The summed E-state index contributed by atoms with van der Waals surface area (Å²) < 4.78 is 0. The first-order valence-electron chi connectivity index (χ1n) is 5.84. The predicted octanol–water partition coefficient (Wildman–Crippen LogP) is 2.47. The van der Waals surface area contributed by atoms with Gasteiger partial charge in [-0.05, 0) is 17.0 Å². The fourth-order valence-electron chi connectivity index (χ4n) is 1.74. The second kappa shape index (κ2) is 4.29. The third-order valence-corrected chi connectivity index (χ3v) is 2.89. The van der Waals surface area contributed by atoms with E-state index < -0.39 is 5.91 Å². The van der Waals surface area contributed by atoms with Crippen LogP contribution in [0.2, 0.25) is 0 Å². The van der Waals surface area contributed by atoms with Crippen molar-refractivity contribution in [3.63, 3.8) is 0 Å². The molecule has 4 heteroatoms. The number of aromatic amines is 1. The topological polar surface area (TPSA) is 71.8 Å². The Hall–Kier alpha value is -2.10. The summed E-state index contributed by atoms with van der Waals surface area (Å²) in [5.41, 5.74) is 8.58. The van der Waals surface area contributed by atoms with Crippen LogP contribution in [0.3, 0.4) is 0 Å². The first-order chi connectivity index (χ1) is 8.38. The van der Waals surface area contributed by atoms with Crippen LogP contribution in [0.1, 0.15) is 36.8 Å². The Bertz CT molecular complexity index is 561. The lowest BCUT2D eigenvalue weighted by Gasteiger charge is -2.18. The number of aromatic nitrogens is 2. The summed E-state index contributed by atoms with van der Waals surface area (Å²) >= 11 is 0. The van der Waals surface area contributed by atoms with E-state index in [2.05, 4.69) is 43.1 Å². The second-order valence-corrected chi connectivity index (χ2v) is 5.36. The number of carbonyl (C=O) groups excluding carboxylic acids is 1. The molecule has 0 unspecified atom stereocenters. The largest absolute Gasteiger partial charge is 0.364 e. The van der Waals surface area contributed by atoms with Gasteiger partial charge in [-0.25, -0.2) is 0 Å². The summed E-state index contributed by atoms with van der Waals surface area (Å²) in [6, 6.07) is 9.82. The van der Waals surface area contributed by atoms with Crippen molar-refractivity contribution in [2.45, 2.75) is 26.2 Å². The van der Waals surface area contributed by atoms with Gasteiger partial charge >= 0.3 is 0 Å². The van der Waals surface area contributed by atoms with Gasteiger partial charge in [0.05, 0.1) is 5.69 Å². The Balaban J connectivity index is 2.31. The minimum absolute atomic E-state index is 0.127. The summed E-state index contributed by atoms with van der Waals surface area (Å²) in [5.74, 6) is -0.500. The molecule has 0 aliphatic rings. The van der Waals surface area contributed by atoms with E-state index in [1.807, 2.05) is 12.1 Å². The number of carbonyl (C=O) groups is 1. The van der Waals surface area contributed by atoms with Crippen molar-refractivity contribution < 1.29 is 4.79 Å². The van der Waals surface area contributed by atoms with Gasteiger partial charge in [-0.3, -0.25) is 9.89 Å². The van der Waals surface area contributed by atoms with Gasteiger partial charge in [-0.1, -0.05) is 45.0 Å². The Morgan fingerprint density at radius 1 is 1.22 bits per heavy atom. The summed E-state index contributed by atoms with van der Waals surface area (Å²) in [7, 11) is 0. The van der Waals surface area contributed by atoms with Crippen molar-refractivity contribution in [3.8, 4) is 11.3 Å². The number of nitrogens with one attached hydrogen (secondary N) is 1. The molecule has 0 radical (unpaired) electrons. The number of hydrogen-bond acceptors (Lipinski definition) is 2. The first kappa shape index (κ1) is 12.4. The number of hydrogen-bond donors (Lipinski definition) is 2. The molecule has 0 atom stereocenters. The van der Waals surface area contributed by atoms with Crippen LogP contribution in [0.25, 0.3) is 11.3 Å².